The van der Waals surface area contributed by atoms with E-state index < -0.39 is 0 Å². The van der Waals surface area contributed by atoms with Crippen LogP contribution in [0.4, 0.5) is 4.39 Å². The highest BCUT2D eigenvalue weighted by molar-refractivity contribution is 5.50. The Morgan fingerprint density at radius 2 is 1.59 bits per heavy atom. The highest BCUT2D eigenvalue weighted by Crippen LogP contribution is 2.18. The summed E-state index contributed by atoms with van der Waals surface area (Å²) in [6, 6.07) is 16.8. The van der Waals surface area contributed by atoms with Crippen LogP contribution in [0.1, 0.15) is 24.0 Å². The average molecular weight is 226 g/mol. The van der Waals surface area contributed by atoms with Gasteiger partial charge in [0.1, 0.15) is 5.82 Å². The summed E-state index contributed by atoms with van der Waals surface area (Å²) in [4.78, 5) is 0. The average Bonchev–Trinajstić information content (AvgIpc) is 2.38. The summed E-state index contributed by atoms with van der Waals surface area (Å²) in [5, 5.41) is 0. The van der Waals surface area contributed by atoms with E-state index in [-0.39, 0.29) is 11.7 Å². The van der Waals surface area contributed by atoms with Crippen LogP contribution in [0, 0.1) is 5.82 Å². The molecule has 0 amide bonds. The van der Waals surface area contributed by atoms with Gasteiger partial charge in [-0.3, -0.25) is 0 Å². The zero-order valence-electron chi connectivity index (χ0n) is 9.81. The van der Waals surface area contributed by atoms with Gasteiger partial charge >= 0.3 is 0 Å². The van der Waals surface area contributed by atoms with Crippen molar-refractivity contribution in [2.75, 3.05) is 0 Å². The third-order valence-electron chi connectivity index (χ3n) is 2.77. The van der Waals surface area contributed by atoms with Crippen molar-refractivity contribution in [1.82, 2.24) is 0 Å². The molecule has 86 valence electrons. The van der Waals surface area contributed by atoms with Gasteiger partial charge in [0.05, 0.1) is 0 Å². The van der Waals surface area contributed by atoms with Crippen molar-refractivity contribution >= 4 is 6.08 Å². The molecule has 0 heterocycles. The molecule has 0 aromatic heterocycles. The van der Waals surface area contributed by atoms with E-state index in [1.807, 2.05) is 30.3 Å². The summed E-state index contributed by atoms with van der Waals surface area (Å²) in [6.45, 7) is 2.10. The van der Waals surface area contributed by atoms with E-state index in [9.17, 15) is 4.39 Å². The monoisotopic (exact) mass is 226 g/mol. The molecule has 1 atom stereocenters. The van der Waals surface area contributed by atoms with E-state index in [4.69, 9.17) is 0 Å². The van der Waals surface area contributed by atoms with Gasteiger partial charge in [-0.15, -0.1) is 0 Å². The van der Waals surface area contributed by atoms with E-state index in [0.717, 1.165) is 5.56 Å². The maximum atomic E-state index is 12.8. The lowest BCUT2D eigenvalue weighted by Gasteiger charge is -2.06. The fourth-order valence-corrected chi connectivity index (χ4v) is 1.70. The predicted molar refractivity (Wildman–Crippen MR) is 70.3 cm³/mol. The summed E-state index contributed by atoms with van der Waals surface area (Å²) in [7, 11) is 0. The van der Waals surface area contributed by atoms with Gasteiger partial charge in [-0.2, -0.15) is 0 Å². The first-order valence-electron chi connectivity index (χ1n) is 5.74. The number of benzene rings is 2. The molecule has 2 aromatic carbocycles. The first-order valence-corrected chi connectivity index (χ1v) is 5.74. The normalized spacial score (nSPS) is 12.8. The molecule has 2 aromatic rings. The smallest absolute Gasteiger partial charge is 0.123 e. The summed E-state index contributed by atoms with van der Waals surface area (Å²) < 4.78 is 12.8. The molecule has 0 N–H and O–H groups in total. The minimum atomic E-state index is -0.187. The third kappa shape index (κ3) is 3.28. The van der Waals surface area contributed by atoms with Crippen LogP contribution in [0.3, 0.4) is 0 Å². The Bertz CT molecular complexity index is 483. The molecule has 0 aliphatic rings. The van der Waals surface area contributed by atoms with Gasteiger partial charge in [-0.25, -0.2) is 4.39 Å². The van der Waals surface area contributed by atoms with Crippen LogP contribution in [-0.4, -0.2) is 0 Å². The Balaban J connectivity index is 2.09. The van der Waals surface area contributed by atoms with E-state index in [1.54, 1.807) is 0 Å². The molecule has 0 radical (unpaired) electrons. The van der Waals surface area contributed by atoms with Crippen molar-refractivity contribution in [3.63, 3.8) is 0 Å². The van der Waals surface area contributed by atoms with E-state index in [2.05, 4.69) is 31.2 Å². The molecule has 0 saturated carbocycles. The molecule has 0 aliphatic carbocycles. The summed E-state index contributed by atoms with van der Waals surface area (Å²) in [6.07, 6.45) is 4.22. The van der Waals surface area contributed by atoms with Gasteiger partial charge in [0.15, 0.2) is 0 Å². The van der Waals surface area contributed by atoms with Crippen molar-refractivity contribution < 1.29 is 4.39 Å². The number of rotatable bonds is 3. The molecule has 0 aliphatic heterocycles. The van der Waals surface area contributed by atoms with Crippen molar-refractivity contribution in [1.29, 1.82) is 0 Å². The van der Waals surface area contributed by atoms with Crippen molar-refractivity contribution in [3.8, 4) is 0 Å². The fourth-order valence-electron chi connectivity index (χ4n) is 1.70. The lowest BCUT2D eigenvalue weighted by molar-refractivity contribution is 0.626. The van der Waals surface area contributed by atoms with Gasteiger partial charge in [-0.1, -0.05) is 61.5 Å². The molecule has 0 unspecified atom stereocenters. The zero-order chi connectivity index (χ0) is 12.1. The van der Waals surface area contributed by atoms with Crippen LogP contribution in [0.25, 0.3) is 6.08 Å². The van der Waals surface area contributed by atoms with Crippen molar-refractivity contribution in [2.24, 2.45) is 0 Å². The Morgan fingerprint density at radius 3 is 2.24 bits per heavy atom. The lowest BCUT2D eigenvalue weighted by Crippen LogP contribution is -1.88. The summed E-state index contributed by atoms with van der Waals surface area (Å²) in [5.74, 6) is 0.101. The molecule has 0 spiro atoms. The van der Waals surface area contributed by atoms with Gasteiger partial charge in [-0.05, 0) is 29.2 Å². The Kier molecular flexibility index (Phi) is 3.71. The molecule has 0 fully saturated rings. The summed E-state index contributed by atoms with van der Waals surface area (Å²) in [5.41, 5.74) is 2.31. The Labute approximate surface area is 101 Å². The van der Waals surface area contributed by atoms with E-state index in [0.29, 0.717) is 0 Å². The lowest BCUT2D eigenvalue weighted by atomic mass is 10.00. The quantitative estimate of drug-likeness (QED) is 0.715. The predicted octanol–water partition coefficient (Wildman–Crippen LogP) is 4.64. The van der Waals surface area contributed by atoms with Crippen LogP contribution in [0.2, 0.25) is 0 Å². The molecule has 0 bridgehead atoms. The van der Waals surface area contributed by atoms with Crippen LogP contribution in [0.15, 0.2) is 60.7 Å². The standard InChI is InChI=1S/C16H15F/c1-13(15-9-11-16(17)12-10-15)7-8-14-5-3-2-4-6-14/h2-13H,1H3/b8-7+/t13-/m0/s1. The molecular formula is C16H15F. The highest BCUT2D eigenvalue weighted by atomic mass is 19.1. The Hall–Kier alpha value is -1.89. The molecule has 17 heavy (non-hydrogen) atoms. The first-order chi connectivity index (χ1) is 8.25. The van der Waals surface area contributed by atoms with E-state index in [1.165, 1.54) is 17.7 Å². The van der Waals surface area contributed by atoms with Gasteiger partial charge < -0.3 is 0 Å². The minimum absolute atomic E-state index is 0.187. The Morgan fingerprint density at radius 1 is 0.941 bits per heavy atom. The molecule has 2 rings (SSSR count). The second kappa shape index (κ2) is 5.44. The highest BCUT2D eigenvalue weighted by Gasteiger charge is 2.00. The second-order valence-corrected chi connectivity index (χ2v) is 4.11. The van der Waals surface area contributed by atoms with Crippen molar-refractivity contribution in [3.05, 3.63) is 77.6 Å². The number of halogens is 1. The minimum Gasteiger partial charge on any atom is -0.207 e. The van der Waals surface area contributed by atoms with Crippen LogP contribution in [0.5, 0.6) is 0 Å². The van der Waals surface area contributed by atoms with Crippen LogP contribution in [-0.2, 0) is 0 Å². The summed E-state index contributed by atoms with van der Waals surface area (Å²) >= 11 is 0. The van der Waals surface area contributed by atoms with Gasteiger partial charge in [0.25, 0.3) is 0 Å². The second-order valence-electron chi connectivity index (χ2n) is 4.11. The number of hydrogen-bond acceptors (Lipinski definition) is 0. The van der Waals surface area contributed by atoms with E-state index >= 15 is 0 Å². The van der Waals surface area contributed by atoms with Crippen molar-refractivity contribution in [2.45, 2.75) is 12.8 Å². The SMILES string of the molecule is C[C@@H](/C=C/c1ccccc1)c1ccc(F)cc1. The van der Waals surface area contributed by atoms with Crippen LogP contribution >= 0.6 is 0 Å². The number of allylic oxidation sites excluding steroid dienone is 1. The largest absolute Gasteiger partial charge is 0.207 e. The molecular weight excluding hydrogens is 211 g/mol. The number of hydrogen-bond donors (Lipinski definition) is 0. The maximum Gasteiger partial charge on any atom is 0.123 e. The van der Waals surface area contributed by atoms with Gasteiger partial charge in [0, 0.05) is 0 Å². The molecule has 0 nitrogen and oxygen atoms in total. The van der Waals surface area contributed by atoms with Crippen LogP contribution < -0.4 is 0 Å². The zero-order valence-corrected chi connectivity index (χ0v) is 9.81. The topological polar surface area (TPSA) is 0 Å². The molecule has 1 heteroatoms. The third-order valence-corrected chi connectivity index (χ3v) is 2.77. The fraction of sp³-hybridized carbons (Fsp3) is 0.125. The molecule has 0 saturated heterocycles. The van der Waals surface area contributed by atoms with Gasteiger partial charge in [0.2, 0.25) is 0 Å². The first kappa shape index (κ1) is 11.6. The maximum absolute atomic E-state index is 12.8.